The molecule has 2 aromatic carbocycles. The van der Waals surface area contributed by atoms with Crippen molar-refractivity contribution in [1.29, 1.82) is 0 Å². The summed E-state index contributed by atoms with van der Waals surface area (Å²) in [5, 5.41) is 2.60. The maximum Gasteiger partial charge on any atom is 0.313 e. The number of ether oxygens (including phenoxy) is 3. The maximum absolute atomic E-state index is 12.4. The number of amides is 1. The van der Waals surface area contributed by atoms with Gasteiger partial charge in [-0.2, -0.15) is 0 Å². The van der Waals surface area contributed by atoms with E-state index in [0.717, 1.165) is 5.56 Å². The lowest BCUT2D eigenvalue weighted by Crippen LogP contribution is -2.24. The fraction of sp³-hybridized carbons (Fsp3) is 0.286. The summed E-state index contributed by atoms with van der Waals surface area (Å²) in [6.07, 6.45) is 0.557. The highest BCUT2D eigenvalue weighted by Gasteiger charge is 2.23. The Morgan fingerprint density at radius 2 is 1.79 bits per heavy atom. The van der Waals surface area contributed by atoms with Gasteiger partial charge in [-0.15, -0.1) is 0 Å². The van der Waals surface area contributed by atoms with Gasteiger partial charge in [-0.25, -0.2) is 0 Å². The third-order valence-electron chi connectivity index (χ3n) is 4.41. The molecule has 0 bridgehead atoms. The number of ketones is 1. The zero-order chi connectivity index (χ0) is 20.1. The average Bonchev–Trinajstić information content (AvgIpc) is 3.14. The van der Waals surface area contributed by atoms with Gasteiger partial charge in [-0.1, -0.05) is 37.3 Å². The van der Waals surface area contributed by atoms with Crippen molar-refractivity contribution >= 4 is 23.3 Å². The van der Waals surface area contributed by atoms with E-state index in [1.165, 1.54) is 19.1 Å². The lowest BCUT2D eigenvalue weighted by atomic mass is 9.97. The number of esters is 1. The molecule has 1 amide bonds. The van der Waals surface area contributed by atoms with Crippen molar-refractivity contribution in [3.8, 4) is 11.5 Å². The fourth-order valence-corrected chi connectivity index (χ4v) is 2.98. The van der Waals surface area contributed by atoms with E-state index in [1.54, 1.807) is 0 Å². The van der Waals surface area contributed by atoms with Gasteiger partial charge >= 0.3 is 5.97 Å². The fourth-order valence-electron chi connectivity index (χ4n) is 2.98. The Kier molecular flexibility index (Phi) is 5.93. The molecule has 7 heteroatoms. The molecule has 28 heavy (non-hydrogen) atoms. The van der Waals surface area contributed by atoms with Gasteiger partial charge in [0.25, 0.3) is 5.91 Å². The molecule has 0 fully saturated rings. The third-order valence-corrected chi connectivity index (χ3v) is 4.41. The zero-order valence-corrected chi connectivity index (χ0v) is 15.7. The molecule has 146 valence electrons. The zero-order valence-electron chi connectivity index (χ0n) is 15.7. The van der Waals surface area contributed by atoms with Gasteiger partial charge in [0.05, 0.1) is 11.6 Å². The normalized spacial score (nSPS) is 12.9. The van der Waals surface area contributed by atoms with Crippen molar-refractivity contribution in [2.24, 2.45) is 0 Å². The van der Waals surface area contributed by atoms with Crippen molar-refractivity contribution < 1.29 is 28.6 Å². The van der Waals surface area contributed by atoms with Crippen LogP contribution in [0.3, 0.4) is 0 Å². The minimum Gasteiger partial charge on any atom is -0.455 e. The number of anilines is 1. The largest absolute Gasteiger partial charge is 0.455 e. The molecule has 1 heterocycles. The Bertz CT molecular complexity index is 893. The second-order valence-corrected chi connectivity index (χ2v) is 6.33. The lowest BCUT2D eigenvalue weighted by Gasteiger charge is -2.15. The van der Waals surface area contributed by atoms with E-state index in [0.29, 0.717) is 23.5 Å². The highest BCUT2D eigenvalue weighted by molar-refractivity contribution is 6.05. The number of Topliss-reactive ketones (excluding diaryl/α,β-unsaturated/α-hetero) is 1. The first-order valence-electron chi connectivity index (χ1n) is 8.95. The predicted octanol–water partition coefficient (Wildman–Crippen LogP) is 3.29. The van der Waals surface area contributed by atoms with Crippen LogP contribution in [0.2, 0.25) is 0 Å². The molecule has 0 aliphatic carbocycles. The molecule has 0 saturated heterocycles. The number of rotatable bonds is 7. The molecule has 2 aromatic rings. The Labute approximate surface area is 162 Å². The van der Waals surface area contributed by atoms with Gasteiger partial charge in [0.2, 0.25) is 6.79 Å². The highest BCUT2D eigenvalue weighted by Crippen LogP contribution is 2.37. The van der Waals surface area contributed by atoms with E-state index >= 15 is 0 Å². The number of carbonyl (C=O) groups is 3. The van der Waals surface area contributed by atoms with Gasteiger partial charge in [-0.05, 0) is 25.0 Å². The molecule has 3 rings (SSSR count). The monoisotopic (exact) mass is 383 g/mol. The van der Waals surface area contributed by atoms with Crippen LogP contribution < -0.4 is 14.8 Å². The summed E-state index contributed by atoms with van der Waals surface area (Å²) in [7, 11) is 0. The molecule has 7 nitrogen and oxygen atoms in total. The van der Waals surface area contributed by atoms with Crippen molar-refractivity contribution in [2.45, 2.75) is 26.2 Å². The van der Waals surface area contributed by atoms with Crippen LogP contribution in [-0.2, 0) is 14.3 Å². The van der Waals surface area contributed by atoms with E-state index < -0.39 is 24.4 Å². The molecule has 0 radical (unpaired) electrons. The third kappa shape index (κ3) is 4.31. The standard InChI is InChI=1S/C21H21NO6/c1-3-15(14-7-5-4-6-8-14)21(25)26-11-20(24)22-17-10-19-18(27-12-28-19)9-16(17)13(2)23/h4-10,15H,3,11-12H2,1-2H3,(H,22,24)/t15-/m1/s1. The second kappa shape index (κ2) is 8.56. The van der Waals surface area contributed by atoms with E-state index in [1.807, 2.05) is 37.3 Å². The van der Waals surface area contributed by atoms with Crippen LogP contribution in [0.15, 0.2) is 42.5 Å². The lowest BCUT2D eigenvalue weighted by molar-refractivity contribution is -0.149. The molecule has 0 saturated carbocycles. The number of hydrogen-bond acceptors (Lipinski definition) is 6. The summed E-state index contributed by atoms with van der Waals surface area (Å²) in [6, 6.07) is 12.3. The van der Waals surface area contributed by atoms with Crippen LogP contribution in [0.4, 0.5) is 5.69 Å². The van der Waals surface area contributed by atoms with Crippen LogP contribution in [0.1, 0.15) is 42.1 Å². The first kappa shape index (κ1) is 19.4. The summed E-state index contributed by atoms with van der Waals surface area (Å²) in [5.41, 5.74) is 1.41. The first-order valence-corrected chi connectivity index (χ1v) is 8.95. The summed E-state index contributed by atoms with van der Waals surface area (Å²) < 4.78 is 15.7. The second-order valence-electron chi connectivity index (χ2n) is 6.33. The number of carbonyl (C=O) groups excluding carboxylic acids is 3. The Hall–Kier alpha value is -3.35. The maximum atomic E-state index is 12.4. The van der Waals surface area contributed by atoms with Gasteiger partial charge in [-0.3, -0.25) is 14.4 Å². The van der Waals surface area contributed by atoms with Gasteiger partial charge in [0.1, 0.15) is 0 Å². The summed E-state index contributed by atoms with van der Waals surface area (Å²) >= 11 is 0. The van der Waals surface area contributed by atoms with Crippen molar-refractivity contribution in [3.63, 3.8) is 0 Å². The molecule has 1 N–H and O–H groups in total. The minimum atomic E-state index is -0.544. The molecule has 1 atom stereocenters. The minimum absolute atomic E-state index is 0.0551. The van der Waals surface area contributed by atoms with Crippen LogP contribution in [0.5, 0.6) is 11.5 Å². The van der Waals surface area contributed by atoms with Crippen LogP contribution in [-0.4, -0.2) is 31.1 Å². The predicted molar refractivity (Wildman–Crippen MR) is 102 cm³/mol. The number of benzene rings is 2. The van der Waals surface area contributed by atoms with Gasteiger partial charge < -0.3 is 19.5 Å². The van der Waals surface area contributed by atoms with E-state index in [4.69, 9.17) is 14.2 Å². The SMILES string of the molecule is CC[C@@H](C(=O)OCC(=O)Nc1cc2c(cc1C(C)=O)OCO2)c1ccccc1. The molecule has 1 aliphatic rings. The van der Waals surface area contributed by atoms with Crippen molar-refractivity contribution in [3.05, 3.63) is 53.6 Å². The molecule has 1 aliphatic heterocycles. The van der Waals surface area contributed by atoms with E-state index in [-0.39, 0.29) is 18.3 Å². The van der Waals surface area contributed by atoms with Gasteiger partial charge in [0, 0.05) is 11.6 Å². The number of hydrogen-bond donors (Lipinski definition) is 1. The number of fused-ring (bicyclic) bond motifs is 1. The Morgan fingerprint density at radius 3 is 2.43 bits per heavy atom. The molecular weight excluding hydrogens is 362 g/mol. The topological polar surface area (TPSA) is 90.9 Å². The highest BCUT2D eigenvalue weighted by atomic mass is 16.7. The number of nitrogens with one attached hydrogen (secondary N) is 1. The van der Waals surface area contributed by atoms with Crippen molar-refractivity contribution in [1.82, 2.24) is 0 Å². The van der Waals surface area contributed by atoms with E-state index in [9.17, 15) is 14.4 Å². The molecular formula is C21H21NO6. The summed E-state index contributed by atoms with van der Waals surface area (Å²) in [5.74, 6) is -0.803. The van der Waals surface area contributed by atoms with Crippen molar-refractivity contribution in [2.75, 3.05) is 18.7 Å². The Morgan fingerprint density at radius 1 is 1.11 bits per heavy atom. The molecule has 0 aromatic heterocycles. The quantitative estimate of drug-likeness (QED) is 0.583. The molecule has 0 unspecified atom stereocenters. The Balaban J connectivity index is 1.64. The van der Waals surface area contributed by atoms with Crippen LogP contribution in [0.25, 0.3) is 0 Å². The summed E-state index contributed by atoms with van der Waals surface area (Å²) in [6.45, 7) is 2.87. The van der Waals surface area contributed by atoms with Crippen LogP contribution in [0, 0.1) is 0 Å². The van der Waals surface area contributed by atoms with E-state index in [2.05, 4.69) is 5.32 Å². The average molecular weight is 383 g/mol. The van der Waals surface area contributed by atoms with Crippen LogP contribution >= 0.6 is 0 Å². The molecule has 0 spiro atoms. The smallest absolute Gasteiger partial charge is 0.313 e. The summed E-state index contributed by atoms with van der Waals surface area (Å²) in [4.78, 5) is 36.5. The van der Waals surface area contributed by atoms with Gasteiger partial charge in [0.15, 0.2) is 23.9 Å². The first-order chi connectivity index (χ1) is 13.5.